The maximum Gasteiger partial charge on any atom is 0.435 e. The number of alkyl halides is 6. The van der Waals surface area contributed by atoms with Gasteiger partial charge in [-0.3, -0.25) is 9.48 Å². The number of nitrogens with zero attached hydrogens (tertiary/aromatic N) is 4. The van der Waals surface area contributed by atoms with Crippen LogP contribution in [0.25, 0.3) is 16.9 Å². The highest BCUT2D eigenvalue weighted by Crippen LogP contribution is 2.44. The molecule has 1 amide bonds. The van der Waals surface area contributed by atoms with Gasteiger partial charge < -0.3 is 5.32 Å². The lowest BCUT2D eigenvalue weighted by Crippen LogP contribution is -2.09. The number of aryl methyl sites for hydroxylation is 1. The van der Waals surface area contributed by atoms with Crippen molar-refractivity contribution in [3.05, 3.63) is 46.7 Å². The van der Waals surface area contributed by atoms with E-state index in [1.807, 2.05) is 0 Å². The fraction of sp³-hybridized carbons (Fsp3) is 0.188. The summed E-state index contributed by atoms with van der Waals surface area (Å²) in [5, 5.41) is 9.00. The number of benzene rings is 1. The molecule has 0 bridgehead atoms. The molecule has 0 spiro atoms. The molecule has 0 fully saturated rings. The first-order chi connectivity index (χ1) is 13.4. The summed E-state index contributed by atoms with van der Waals surface area (Å²) in [6, 6.07) is 3.30. The molecule has 1 aromatic carbocycles. The van der Waals surface area contributed by atoms with Crippen LogP contribution in [0.5, 0.6) is 0 Å². The average Bonchev–Trinajstić information content (AvgIpc) is 3.17. The molecule has 0 atom stereocenters. The maximum atomic E-state index is 13.7. The second kappa shape index (κ2) is 7.10. The smallest absolute Gasteiger partial charge is 0.313 e. The van der Waals surface area contributed by atoms with Gasteiger partial charge in [-0.1, -0.05) is 11.6 Å². The van der Waals surface area contributed by atoms with Gasteiger partial charge in [0.2, 0.25) is 6.41 Å². The molecule has 0 saturated carbocycles. The molecule has 0 unspecified atom stereocenters. The number of halogens is 7. The van der Waals surface area contributed by atoms with Gasteiger partial charge in [0.25, 0.3) is 0 Å². The second-order valence-electron chi connectivity index (χ2n) is 5.82. The summed E-state index contributed by atoms with van der Waals surface area (Å²) in [7, 11) is 1.50. The van der Waals surface area contributed by atoms with Crippen LogP contribution < -0.4 is 5.32 Å². The summed E-state index contributed by atoms with van der Waals surface area (Å²) in [4.78, 5) is 11.0. The first-order valence-corrected chi connectivity index (χ1v) is 8.08. The van der Waals surface area contributed by atoms with E-state index in [0.29, 0.717) is 16.8 Å². The summed E-state index contributed by atoms with van der Waals surface area (Å²) in [6.45, 7) is 0. The highest BCUT2D eigenvalue weighted by molar-refractivity contribution is 6.31. The third-order valence-electron chi connectivity index (χ3n) is 3.78. The van der Waals surface area contributed by atoms with Gasteiger partial charge in [-0.25, -0.2) is 0 Å². The quantitative estimate of drug-likeness (QED) is 0.482. The van der Waals surface area contributed by atoms with Crippen molar-refractivity contribution < 1.29 is 31.1 Å². The molecule has 29 heavy (non-hydrogen) atoms. The van der Waals surface area contributed by atoms with Crippen LogP contribution >= 0.6 is 11.6 Å². The van der Waals surface area contributed by atoms with E-state index in [-0.39, 0.29) is 12.2 Å². The van der Waals surface area contributed by atoms with Crippen LogP contribution in [0.3, 0.4) is 0 Å². The van der Waals surface area contributed by atoms with Crippen molar-refractivity contribution in [2.24, 2.45) is 7.05 Å². The molecule has 154 valence electrons. The van der Waals surface area contributed by atoms with Gasteiger partial charge in [0.15, 0.2) is 11.5 Å². The number of hydrogen-bond donors (Lipinski definition) is 1. The lowest BCUT2D eigenvalue weighted by Gasteiger charge is -2.12. The van der Waals surface area contributed by atoms with Gasteiger partial charge >= 0.3 is 12.4 Å². The van der Waals surface area contributed by atoms with E-state index in [9.17, 15) is 31.1 Å². The molecule has 1 N–H and O–H groups in total. The van der Waals surface area contributed by atoms with Crippen LogP contribution in [0.4, 0.5) is 32.2 Å². The number of nitrogens with one attached hydrogen (secondary N) is 1. The normalized spacial score (nSPS) is 12.3. The SMILES string of the molecule is Cn1ccc(-n2nc(C(F)(F)F)c(-c3cc(Cl)cc(C(F)(F)F)c3)c2NC=O)n1. The molecule has 0 saturated heterocycles. The number of carbonyl (C=O) groups is 1. The molecule has 0 radical (unpaired) electrons. The molecule has 0 aliphatic heterocycles. The zero-order valence-corrected chi connectivity index (χ0v) is 15.1. The second-order valence-corrected chi connectivity index (χ2v) is 6.25. The van der Waals surface area contributed by atoms with E-state index in [2.05, 4.69) is 15.5 Å². The Balaban J connectivity index is 2.37. The number of rotatable bonds is 4. The van der Waals surface area contributed by atoms with Gasteiger partial charge in [-0.05, 0) is 23.8 Å². The van der Waals surface area contributed by atoms with Gasteiger partial charge in [-0.2, -0.15) is 41.2 Å². The highest BCUT2D eigenvalue weighted by Gasteiger charge is 2.41. The Morgan fingerprint density at radius 3 is 2.28 bits per heavy atom. The Labute approximate surface area is 163 Å². The molecule has 13 heteroatoms. The van der Waals surface area contributed by atoms with E-state index in [1.54, 1.807) is 0 Å². The fourth-order valence-corrected chi connectivity index (χ4v) is 2.89. The van der Waals surface area contributed by atoms with Crippen molar-refractivity contribution in [2.75, 3.05) is 5.32 Å². The average molecular weight is 438 g/mol. The molecule has 2 aromatic heterocycles. The molecule has 3 rings (SSSR count). The molecule has 2 heterocycles. The van der Waals surface area contributed by atoms with E-state index < -0.39 is 45.6 Å². The predicted molar refractivity (Wildman–Crippen MR) is 90.5 cm³/mol. The van der Waals surface area contributed by atoms with Crippen molar-refractivity contribution in [1.82, 2.24) is 19.6 Å². The number of anilines is 1. The van der Waals surface area contributed by atoms with Crippen LogP contribution in [0, 0.1) is 0 Å². The van der Waals surface area contributed by atoms with Crippen molar-refractivity contribution in [3.63, 3.8) is 0 Å². The van der Waals surface area contributed by atoms with Crippen molar-refractivity contribution in [2.45, 2.75) is 12.4 Å². The number of aromatic nitrogens is 4. The van der Waals surface area contributed by atoms with E-state index in [0.717, 1.165) is 6.07 Å². The first kappa shape index (κ1) is 20.7. The Morgan fingerprint density at radius 1 is 1.07 bits per heavy atom. The Morgan fingerprint density at radius 2 is 1.76 bits per heavy atom. The number of amides is 1. The third kappa shape index (κ3) is 4.06. The predicted octanol–water partition coefficient (Wildman–Crippen LogP) is 4.53. The van der Waals surface area contributed by atoms with Crippen LogP contribution in [0.15, 0.2) is 30.5 Å². The molecule has 6 nitrogen and oxygen atoms in total. The van der Waals surface area contributed by atoms with E-state index in [4.69, 9.17) is 11.6 Å². The standard InChI is InChI=1S/C16H10ClF6N5O/c1-27-3-2-11(25-27)28-14(24-7-29)12(13(26-28)16(21,22)23)8-4-9(15(18,19)20)6-10(17)5-8/h2-7H,1H3,(H,24,29). The summed E-state index contributed by atoms with van der Waals surface area (Å²) >= 11 is 5.72. The Hall–Kier alpha value is -3.02. The van der Waals surface area contributed by atoms with E-state index >= 15 is 0 Å². The monoisotopic (exact) mass is 437 g/mol. The van der Waals surface area contributed by atoms with Gasteiger partial charge in [0.1, 0.15) is 5.82 Å². The van der Waals surface area contributed by atoms with E-state index in [1.165, 1.54) is 24.0 Å². The molecule has 0 aliphatic carbocycles. The minimum atomic E-state index is -5.05. The zero-order valence-electron chi connectivity index (χ0n) is 14.3. The first-order valence-electron chi connectivity index (χ1n) is 7.70. The molecule has 0 aliphatic rings. The summed E-state index contributed by atoms with van der Waals surface area (Å²) in [5.41, 5.74) is -4.06. The molecular formula is C16H10ClF6N5O. The minimum Gasteiger partial charge on any atom is -0.313 e. The number of carbonyl (C=O) groups excluding carboxylic acids is 1. The molecular weight excluding hydrogens is 428 g/mol. The Kier molecular flexibility index (Phi) is 5.07. The van der Waals surface area contributed by atoms with Crippen molar-refractivity contribution >= 4 is 23.8 Å². The summed E-state index contributed by atoms with van der Waals surface area (Å²) in [6.07, 6.45) is -8.41. The minimum absolute atomic E-state index is 0.0787. The topological polar surface area (TPSA) is 64.7 Å². The lowest BCUT2D eigenvalue weighted by molar-refractivity contribution is -0.140. The van der Waals surface area contributed by atoms with Crippen LogP contribution in [-0.2, 0) is 24.2 Å². The van der Waals surface area contributed by atoms with Crippen LogP contribution in [-0.4, -0.2) is 26.0 Å². The fourth-order valence-electron chi connectivity index (χ4n) is 2.66. The van der Waals surface area contributed by atoms with Crippen LogP contribution in [0.2, 0.25) is 5.02 Å². The van der Waals surface area contributed by atoms with Gasteiger partial charge in [0.05, 0.1) is 11.1 Å². The summed E-state index contributed by atoms with van der Waals surface area (Å²) in [5.74, 6) is -0.604. The van der Waals surface area contributed by atoms with Crippen LogP contribution in [0.1, 0.15) is 11.3 Å². The van der Waals surface area contributed by atoms with Crippen molar-refractivity contribution in [3.8, 4) is 16.9 Å². The third-order valence-corrected chi connectivity index (χ3v) is 4.00. The van der Waals surface area contributed by atoms with Crippen molar-refractivity contribution in [1.29, 1.82) is 0 Å². The maximum absolute atomic E-state index is 13.7. The number of hydrogen-bond acceptors (Lipinski definition) is 3. The zero-order chi connectivity index (χ0) is 21.6. The van der Waals surface area contributed by atoms with Gasteiger partial charge in [0, 0.05) is 24.3 Å². The van der Waals surface area contributed by atoms with Gasteiger partial charge in [-0.15, -0.1) is 0 Å². The summed E-state index contributed by atoms with van der Waals surface area (Å²) < 4.78 is 82.3. The largest absolute Gasteiger partial charge is 0.435 e. The Bertz CT molecular complexity index is 1070. The lowest BCUT2D eigenvalue weighted by atomic mass is 10.0. The highest BCUT2D eigenvalue weighted by atomic mass is 35.5. The molecule has 3 aromatic rings.